The van der Waals surface area contributed by atoms with Crippen molar-refractivity contribution in [2.45, 2.75) is 27.7 Å². The number of rotatable bonds is 4. The molecule has 0 bridgehead atoms. The summed E-state index contributed by atoms with van der Waals surface area (Å²) in [5.41, 5.74) is 13.5. The molecular formula is C20H23N5. The molecule has 3 aromatic rings. The van der Waals surface area contributed by atoms with Crippen molar-refractivity contribution >= 4 is 28.7 Å². The normalized spacial score (nSPS) is 10.6. The molecule has 1 heterocycles. The first-order valence-corrected chi connectivity index (χ1v) is 8.23. The number of aromatic nitrogens is 2. The Kier molecular flexibility index (Phi) is 4.57. The van der Waals surface area contributed by atoms with E-state index in [9.17, 15) is 0 Å². The van der Waals surface area contributed by atoms with E-state index in [0.717, 1.165) is 16.9 Å². The van der Waals surface area contributed by atoms with Gasteiger partial charge in [0.1, 0.15) is 12.0 Å². The number of hydrogen-bond donors (Lipinski definition) is 3. The molecule has 3 rings (SSSR count). The first-order chi connectivity index (χ1) is 12.0. The number of nitrogens with two attached hydrogens (primary N) is 1. The van der Waals surface area contributed by atoms with Crippen molar-refractivity contribution in [2.75, 3.05) is 16.4 Å². The minimum absolute atomic E-state index is 0.490. The van der Waals surface area contributed by atoms with Gasteiger partial charge in [0, 0.05) is 11.4 Å². The summed E-state index contributed by atoms with van der Waals surface area (Å²) in [5, 5.41) is 6.63. The molecule has 0 aliphatic heterocycles. The van der Waals surface area contributed by atoms with Crippen LogP contribution < -0.4 is 16.4 Å². The van der Waals surface area contributed by atoms with E-state index in [2.05, 4.69) is 72.6 Å². The maximum absolute atomic E-state index is 6.31. The maximum atomic E-state index is 6.31. The Labute approximate surface area is 148 Å². The highest BCUT2D eigenvalue weighted by molar-refractivity contribution is 5.81. The van der Waals surface area contributed by atoms with E-state index in [1.807, 2.05) is 12.1 Å². The maximum Gasteiger partial charge on any atom is 0.159 e. The molecule has 0 aliphatic carbocycles. The lowest BCUT2D eigenvalue weighted by molar-refractivity contribution is 1.16. The Morgan fingerprint density at radius 3 is 2.20 bits per heavy atom. The van der Waals surface area contributed by atoms with Gasteiger partial charge >= 0.3 is 0 Å². The van der Waals surface area contributed by atoms with Gasteiger partial charge in [0.05, 0.1) is 0 Å². The van der Waals surface area contributed by atoms with Crippen molar-refractivity contribution in [3.05, 3.63) is 65.0 Å². The third-order valence-electron chi connectivity index (χ3n) is 4.39. The molecule has 0 amide bonds. The monoisotopic (exact) mass is 333 g/mol. The van der Waals surface area contributed by atoms with Crippen molar-refractivity contribution < 1.29 is 0 Å². The van der Waals surface area contributed by atoms with Crippen LogP contribution in [0.3, 0.4) is 0 Å². The molecule has 0 radical (unpaired) electrons. The summed E-state index contributed by atoms with van der Waals surface area (Å²) in [6.45, 7) is 8.26. The predicted octanol–water partition coefficient (Wildman–Crippen LogP) is 4.78. The Morgan fingerprint density at radius 1 is 0.800 bits per heavy atom. The molecule has 5 heteroatoms. The van der Waals surface area contributed by atoms with E-state index in [1.54, 1.807) is 0 Å². The van der Waals surface area contributed by atoms with Gasteiger partial charge in [-0.1, -0.05) is 24.3 Å². The molecule has 0 fully saturated rings. The van der Waals surface area contributed by atoms with Crippen molar-refractivity contribution in [2.24, 2.45) is 0 Å². The highest BCUT2D eigenvalue weighted by Gasteiger charge is 2.11. The first kappa shape index (κ1) is 16.8. The summed E-state index contributed by atoms with van der Waals surface area (Å²) in [5.74, 6) is 1.19. The number of aryl methyl sites for hydroxylation is 3. The molecule has 128 valence electrons. The second-order valence-electron chi connectivity index (χ2n) is 6.30. The summed E-state index contributed by atoms with van der Waals surface area (Å²) >= 11 is 0. The molecular weight excluding hydrogens is 310 g/mol. The van der Waals surface area contributed by atoms with Crippen LogP contribution in [0, 0.1) is 27.7 Å². The topological polar surface area (TPSA) is 75.9 Å². The third kappa shape index (κ3) is 3.55. The molecule has 0 saturated heterocycles. The van der Waals surface area contributed by atoms with E-state index in [1.165, 1.54) is 23.0 Å². The zero-order valence-corrected chi connectivity index (χ0v) is 15.0. The Hall–Kier alpha value is -3.08. The van der Waals surface area contributed by atoms with Crippen LogP contribution in [0.4, 0.5) is 28.7 Å². The molecule has 0 atom stereocenters. The fraction of sp³-hybridized carbons (Fsp3) is 0.200. The lowest BCUT2D eigenvalue weighted by Gasteiger charge is -2.15. The summed E-state index contributed by atoms with van der Waals surface area (Å²) in [4.78, 5) is 8.60. The molecule has 4 N–H and O–H groups in total. The van der Waals surface area contributed by atoms with Crippen molar-refractivity contribution in [1.29, 1.82) is 0 Å². The van der Waals surface area contributed by atoms with Crippen LogP contribution in [-0.4, -0.2) is 9.97 Å². The molecule has 1 aromatic heterocycles. The highest BCUT2D eigenvalue weighted by Crippen LogP contribution is 2.30. The molecule has 0 aliphatic rings. The molecule has 0 unspecified atom stereocenters. The van der Waals surface area contributed by atoms with E-state index >= 15 is 0 Å². The van der Waals surface area contributed by atoms with Crippen LogP contribution in [0.15, 0.2) is 42.7 Å². The minimum atomic E-state index is 0.490. The van der Waals surface area contributed by atoms with E-state index in [0.29, 0.717) is 17.3 Å². The van der Waals surface area contributed by atoms with Gasteiger partial charge in [0.2, 0.25) is 0 Å². The molecule has 0 saturated carbocycles. The number of hydrogen-bond acceptors (Lipinski definition) is 5. The van der Waals surface area contributed by atoms with Gasteiger partial charge in [0.25, 0.3) is 0 Å². The fourth-order valence-corrected chi connectivity index (χ4v) is 2.61. The van der Waals surface area contributed by atoms with Gasteiger partial charge in [-0.25, -0.2) is 9.97 Å². The fourth-order valence-electron chi connectivity index (χ4n) is 2.61. The SMILES string of the molecule is Cc1ccc(C)c(Nc2ncnc(Nc3cccc(C)c3C)c2N)c1. The van der Waals surface area contributed by atoms with Crippen molar-refractivity contribution in [3.8, 4) is 0 Å². The largest absolute Gasteiger partial charge is 0.393 e. The van der Waals surface area contributed by atoms with Crippen LogP contribution in [-0.2, 0) is 0 Å². The highest BCUT2D eigenvalue weighted by atomic mass is 15.1. The first-order valence-electron chi connectivity index (χ1n) is 8.23. The average molecular weight is 333 g/mol. The summed E-state index contributed by atoms with van der Waals surface area (Å²) < 4.78 is 0. The van der Waals surface area contributed by atoms with Gasteiger partial charge in [-0.2, -0.15) is 0 Å². The minimum Gasteiger partial charge on any atom is -0.393 e. The number of anilines is 5. The zero-order valence-electron chi connectivity index (χ0n) is 15.0. The molecule has 2 aromatic carbocycles. The summed E-state index contributed by atoms with van der Waals surface area (Å²) in [6, 6.07) is 12.3. The lowest BCUT2D eigenvalue weighted by Crippen LogP contribution is -2.06. The average Bonchev–Trinajstić information content (AvgIpc) is 2.58. The Balaban J connectivity index is 1.92. The standard InChI is InChI=1S/C20H23N5/c1-12-8-9-14(3)17(10-12)25-20-18(21)19(22-11-23-20)24-16-7-5-6-13(2)15(16)4/h5-11H,21H2,1-4H3,(H2,22,23,24,25). The number of nitrogens with one attached hydrogen (secondary N) is 2. The number of nitrogen functional groups attached to an aromatic ring is 1. The molecule has 0 spiro atoms. The van der Waals surface area contributed by atoms with E-state index < -0.39 is 0 Å². The summed E-state index contributed by atoms with van der Waals surface area (Å²) in [7, 11) is 0. The van der Waals surface area contributed by atoms with Gasteiger partial charge < -0.3 is 16.4 Å². The Morgan fingerprint density at radius 2 is 1.48 bits per heavy atom. The van der Waals surface area contributed by atoms with Gasteiger partial charge in [0.15, 0.2) is 11.6 Å². The van der Waals surface area contributed by atoms with Gasteiger partial charge in [-0.3, -0.25) is 0 Å². The molecule has 25 heavy (non-hydrogen) atoms. The third-order valence-corrected chi connectivity index (χ3v) is 4.39. The smallest absolute Gasteiger partial charge is 0.159 e. The lowest BCUT2D eigenvalue weighted by atomic mass is 10.1. The Bertz CT molecular complexity index is 896. The zero-order chi connectivity index (χ0) is 18.0. The van der Waals surface area contributed by atoms with Crippen LogP contribution in [0.5, 0.6) is 0 Å². The van der Waals surface area contributed by atoms with Crippen LogP contribution in [0.2, 0.25) is 0 Å². The second-order valence-corrected chi connectivity index (χ2v) is 6.30. The van der Waals surface area contributed by atoms with E-state index in [-0.39, 0.29) is 0 Å². The van der Waals surface area contributed by atoms with Crippen LogP contribution >= 0.6 is 0 Å². The predicted molar refractivity (Wildman–Crippen MR) is 105 cm³/mol. The quantitative estimate of drug-likeness (QED) is 0.640. The summed E-state index contributed by atoms with van der Waals surface area (Å²) in [6.07, 6.45) is 1.51. The van der Waals surface area contributed by atoms with Gasteiger partial charge in [-0.15, -0.1) is 0 Å². The van der Waals surface area contributed by atoms with Gasteiger partial charge in [-0.05, 0) is 62.1 Å². The number of nitrogens with zero attached hydrogens (tertiary/aromatic N) is 2. The van der Waals surface area contributed by atoms with E-state index in [4.69, 9.17) is 5.73 Å². The van der Waals surface area contributed by atoms with Crippen molar-refractivity contribution in [1.82, 2.24) is 9.97 Å². The van der Waals surface area contributed by atoms with Crippen LogP contribution in [0.25, 0.3) is 0 Å². The number of benzene rings is 2. The van der Waals surface area contributed by atoms with Crippen LogP contribution in [0.1, 0.15) is 22.3 Å². The molecule has 5 nitrogen and oxygen atoms in total. The second kappa shape index (κ2) is 6.81. The van der Waals surface area contributed by atoms with Crippen molar-refractivity contribution in [3.63, 3.8) is 0 Å².